The number of para-hydroxylation sites is 2. The lowest BCUT2D eigenvalue weighted by molar-refractivity contribution is -0.133. The van der Waals surface area contributed by atoms with Crippen LogP contribution in [0.2, 0.25) is 0 Å². The molecule has 6 nitrogen and oxygen atoms in total. The van der Waals surface area contributed by atoms with Gasteiger partial charge in [-0.05, 0) is 49.9 Å². The van der Waals surface area contributed by atoms with E-state index in [9.17, 15) is 9.59 Å². The molecule has 0 atom stereocenters. The van der Waals surface area contributed by atoms with Crippen molar-refractivity contribution in [3.8, 4) is 0 Å². The van der Waals surface area contributed by atoms with Gasteiger partial charge in [0.2, 0.25) is 5.91 Å². The van der Waals surface area contributed by atoms with Crippen LogP contribution in [0.5, 0.6) is 0 Å². The molecule has 0 unspecified atom stereocenters. The molecule has 1 heterocycles. The van der Waals surface area contributed by atoms with Gasteiger partial charge in [0, 0.05) is 31.6 Å². The Morgan fingerprint density at radius 2 is 1.71 bits per heavy atom. The number of imidazole rings is 1. The first kappa shape index (κ1) is 24.0. The van der Waals surface area contributed by atoms with Gasteiger partial charge in [-0.15, -0.1) is 0 Å². The lowest BCUT2D eigenvalue weighted by Crippen LogP contribution is -2.40. The van der Waals surface area contributed by atoms with Crippen molar-refractivity contribution in [3.05, 3.63) is 66.0 Å². The topological polar surface area (TPSA) is 67.2 Å². The number of likely N-dealkylation sites (N-methyl/N-ethyl adjacent to an activating group) is 1. The van der Waals surface area contributed by atoms with Crippen molar-refractivity contribution in [2.24, 2.45) is 0 Å². The summed E-state index contributed by atoms with van der Waals surface area (Å²) in [7, 11) is 1.96. The van der Waals surface area contributed by atoms with Gasteiger partial charge in [0.05, 0.1) is 11.0 Å². The van der Waals surface area contributed by atoms with Crippen molar-refractivity contribution in [1.29, 1.82) is 0 Å². The average molecular weight is 461 g/mol. The Kier molecular flexibility index (Phi) is 8.34. The largest absolute Gasteiger partial charge is 0.352 e. The maximum Gasteiger partial charge on any atom is 0.251 e. The van der Waals surface area contributed by atoms with Crippen LogP contribution in [0.1, 0.15) is 67.5 Å². The number of carbonyl (C=O) groups is 2. The molecule has 3 aromatic rings. The first-order valence-electron chi connectivity index (χ1n) is 12.7. The van der Waals surface area contributed by atoms with E-state index < -0.39 is 0 Å². The van der Waals surface area contributed by atoms with Crippen LogP contribution in [-0.2, 0) is 17.8 Å². The summed E-state index contributed by atoms with van der Waals surface area (Å²) in [5, 5.41) is 2.99. The first-order chi connectivity index (χ1) is 16.6. The maximum atomic E-state index is 13.1. The minimum atomic E-state index is -0.0250. The van der Waals surface area contributed by atoms with Gasteiger partial charge in [0.15, 0.2) is 0 Å². The number of benzene rings is 2. The molecule has 1 fully saturated rings. The van der Waals surface area contributed by atoms with E-state index in [4.69, 9.17) is 4.98 Å². The minimum Gasteiger partial charge on any atom is -0.352 e. The third kappa shape index (κ3) is 6.04. The highest BCUT2D eigenvalue weighted by molar-refractivity contribution is 5.94. The van der Waals surface area contributed by atoms with E-state index in [1.807, 2.05) is 60.5 Å². The lowest BCUT2D eigenvalue weighted by Gasteiger charge is -2.31. The van der Waals surface area contributed by atoms with Gasteiger partial charge in [0.25, 0.3) is 5.91 Å². The SMILES string of the molecule is CN(C(=O)Cn1c(CCCCCNC(=O)c2ccccc2)nc2ccccc21)C1CCCCC1. The minimum absolute atomic E-state index is 0.0250. The van der Waals surface area contributed by atoms with Crippen LogP contribution in [0.4, 0.5) is 0 Å². The maximum absolute atomic E-state index is 13.1. The number of rotatable bonds is 10. The molecule has 1 N–H and O–H groups in total. The first-order valence-corrected chi connectivity index (χ1v) is 12.7. The third-order valence-corrected chi connectivity index (χ3v) is 6.94. The van der Waals surface area contributed by atoms with E-state index >= 15 is 0 Å². The molecule has 0 spiro atoms. The lowest BCUT2D eigenvalue weighted by atomic mass is 9.94. The number of carbonyl (C=O) groups excluding carboxylic acids is 2. The molecule has 1 aliphatic rings. The molecule has 4 rings (SSSR count). The highest BCUT2D eigenvalue weighted by atomic mass is 16.2. The van der Waals surface area contributed by atoms with E-state index in [1.54, 1.807) is 0 Å². The van der Waals surface area contributed by atoms with Gasteiger partial charge in [-0.3, -0.25) is 9.59 Å². The summed E-state index contributed by atoms with van der Waals surface area (Å²) < 4.78 is 2.11. The Labute approximate surface area is 202 Å². The molecule has 1 aromatic heterocycles. The fourth-order valence-corrected chi connectivity index (χ4v) is 4.89. The molecule has 180 valence electrons. The Hall–Kier alpha value is -3.15. The standard InChI is InChI=1S/C28H36N4O2/c1-31(23-15-7-3-8-16-23)27(33)21-32-25-18-11-10-17-24(25)30-26(32)19-9-4-12-20-29-28(34)22-13-5-2-6-14-22/h2,5-6,10-11,13-14,17-18,23H,3-4,7-9,12,15-16,19-21H2,1H3,(H,29,34). The van der Waals surface area contributed by atoms with Crippen molar-refractivity contribution < 1.29 is 9.59 Å². The molecule has 6 heteroatoms. The number of aryl methyl sites for hydroxylation is 1. The number of hydrogen-bond acceptors (Lipinski definition) is 3. The predicted molar refractivity (Wildman–Crippen MR) is 136 cm³/mol. The molecular formula is C28H36N4O2. The zero-order valence-corrected chi connectivity index (χ0v) is 20.2. The van der Waals surface area contributed by atoms with Crippen LogP contribution >= 0.6 is 0 Å². The van der Waals surface area contributed by atoms with Crippen molar-refractivity contribution in [3.63, 3.8) is 0 Å². The van der Waals surface area contributed by atoms with Crippen molar-refractivity contribution >= 4 is 22.8 Å². The fraction of sp³-hybridized carbons (Fsp3) is 0.464. The van der Waals surface area contributed by atoms with E-state index in [2.05, 4.69) is 16.0 Å². The molecule has 2 aromatic carbocycles. The van der Waals surface area contributed by atoms with Crippen molar-refractivity contribution in [1.82, 2.24) is 19.8 Å². The van der Waals surface area contributed by atoms with Crippen LogP contribution in [0.25, 0.3) is 11.0 Å². The quantitative estimate of drug-likeness (QED) is 0.434. The van der Waals surface area contributed by atoms with Crippen molar-refractivity contribution in [2.75, 3.05) is 13.6 Å². The van der Waals surface area contributed by atoms with Crippen LogP contribution < -0.4 is 5.32 Å². The van der Waals surface area contributed by atoms with Crippen LogP contribution in [0, 0.1) is 0 Å². The number of unbranched alkanes of at least 4 members (excludes halogenated alkanes) is 2. The van der Waals surface area contributed by atoms with E-state index in [0.29, 0.717) is 24.7 Å². The van der Waals surface area contributed by atoms with Gasteiger partial charge in [-0.2, -0.15) is 0 Å². The smallest absolute Gasteiger partial charge is 0.251 e. The Morgan fingerprint density at radius 3 is 2.50 bits per heavy atom. The molecular weight excluding hydrogens is 424 g/mol. The molecule has 2 amide bonds. The fourth-order valence-electron chi connectivity index (χ4n) is 4.89. The molecule has 0 bridgehead atoms. The number of nitrogens with zero attached hydrogens (tertiary/aromatic N) is 3. The summed E-state index contributed by atoms with van der Waals surface area (Å²) in [5.41, 5.74) is 2.66. The van der Waals surface area contributed by atoms with E-state index in [0.717, 1.165) is 55.4 Å². The van der Waals surface area contributed by atoms with Gasteiger partial charge in [-0.25, -0.2) is 4.98 Å². The zero-order chi connectivity index (χ0) is 23.8. The van der Waals surface area contributed by atoms with Crippen LogP contribution in [0.3, 0.4) is 0 Å². The van der Waals surface area contributed by atoms with Gasteiger partial charge >= 0.3 is 0 Å². The van der Waals surface area contributed by atoms with E-state index in [-0.39, 0.29) is 11.8 Å². The molecule has 1 aliphatic carbocycles. The van der Waals surface area contributed by atoms with Crippen LogP contribution in [0.15, 0.2) is 54.6 Å². The molecule has 0 aliphatic heterocycles. The Balaban J connectivity index is 1.31. The number of nitrogens with one attached hydrogen (secondary N) is 1. The van der Waals surface area contributed by atoms with Crippen LogP contribution in [-0.4, -0.2) is 45.9 Å². The van der Waals surface area contributed by atoms with Crippen molar-refractivity contribution in [2.45, 2.75) is 70.4 Å². The summed E-state index contributed by atoms with van der Waals surface area (Å²) >= 11 is 0. The average Bonchev–Trinajstić information content (AvgIpc) is 3.23. The summed E-state index contributed by atoms with van der Waals surface area (Å²) in [6.07, 6.45) is 9.64. The number of amides is 2. The zero-order valence-electron chi connectivity index (χ0n) is 20.2. The number of fused-ring (bicyclic) bond motifs is 1. The summed E-state index contributed by atoms with van der Waals surface area (Å²) in [6.45, 7) is 1.00. The second-order valence-corrected chi connectivity index (χ2v) is 9.33. The van der Waals surface area contributed by atoms with Gasteiger partial charge < -0.3 is 14.8 Å². The normalized spacial score (nSPS) is 14.3. The Morgan fingerprint density at radius 1 is 0.971 bits per heavy atom. The third-order valence-electron chi connectivity index (χ3n) is 6.94. The number of hydrogen-bond donors (Lipinski definition) is 1. The molecule has 34 heavy (non-hydrogen) atoms. The highest BCUT2D eigenvalue weighted by Gasteiger charge is 2.23. The van der Waals surface area contributed by atoms with Gasteiger partial charge in [-0.1, -0.05) is 56.0 Å². The summed E-state index contributed by atoms with van der Waals surface area (Å²) in [4.78, 5) is 32.1. The monoisotopic (exact) mass is 460 g/mol. The molecule has 0 radical (unpaired) electrons. The highest BCUT2D eigenvalue weighted by Crippen LogP contribution is 2.23. The number of aromatic nitrogens is 2. The Bertz CT molecular complexity index is 1090. The summed E-state index contributed by atoms with van der Waals surface area (Å²) in [5.74, 6) is 1.11. The summed E-state index contributed by atoms with van der Waals surface area (Å²) in [6, 6.07) is 17.8. The second-order valence-electron chi connectivity index (χ2n) is 9.33. The molecule has 0 saturated heterocycles. The van der Waals surface area contributed by atoms with E-state index in [1.165, 1.54) is 19.3 Å². The van der Waals surface area contributed by atoms with Gasteiger partial charge in [0.1, 0.15) is 12.4 Å². The molecule has 1 saturated carbocycles. The second kappa shape index (κ2) is 11.8. The predicted octanol–water partition coefficient (Wildman–Crippen LogP) is 4.97.